The van der Waals surface area contributed by atoms with E-state index in [1.54, 1.807) is 30.2 Å². The van der Waals surface area contributed by atoms with Crippen LogP contribution in [0.3, 0.4) is 0 Å². The van der Waals surface area contributed by atoms with Crippen molar-refractivity contribution in [1.29, 1.82) is 5.41 Å². The molecule has 1 atom stereocenters. The van der Waals surface area contributed by atoms with Crippen LogP contribution in [0.5, 0.6) is 0 Å². The number of carbonyl (C=O) groups excluding carboxylic acids is 4. The molecule has 3 aromatic rings. The molecule has 1 aromatic heterocycles. The SMILES string of the molecule is CCOC(=O)Cn1cc2c(n1)CCN(C(=O)[C@H](Cc1ccc([N+](=O)[O-])cc1)NC(=O)c1ccc(C(=N)NC(=O)OC3CCCCC3)cc1)C2. The Morgan fingerprint density at radius 2 is 1.73 bits per heavy atom. The molecule has 5 rings (SSSR count). The van der Waals surface area contributed by atoms with Crippen LogP contribution in [0.25, 0.3) is 0 Å². The number of esters is 1. The second kappa shape index (κ2) is 16.0. The lowest BCUT2D eigenvalue weighted by Crippen LogP contribution is -2.50. The second-order valence-electron chi connectivity index (χ2n) is 12.0. The number of nitro benzene ring substituents is 1. The number of alkyl carbamates (subject to hydrolysis) is 1. The zero-order valence-corrected chi connectivity index (χ0v) is 27.2. The molecule has 1 fully saturated rings. The molecule has 0 saturated heterocycles. The van der Waals surface area contributed by atoms with Crippen LogP contribution in [0.15, 0.2) is 54.7 Å². The molecule has 2 aliphatic rings. The molecule has 0 radical (unpaired) electrons. The standard InChI is InChI=1S/C34H39N7O8/c1-2-48-30(42)21-40-20-25-19-39(17-16-28(25)38-40)33(44)29(18-22-8-14-26(15-9-22)41(46)47)36-32(43)24-12-10-23(11-13-24)31(35)37-34(45)49-27-6-4-3-5-7-27/h8-15,20,27,29H,2-7,16-19,21H2,1H3,(H,36,43)(H2,35,37,45)/t29-/m0/s1. The Morgan fingerprint density at radius 3 is 2.41 bits per heavy atom. The lowest BCUT2D eigenvalue weighted by Gasteiger charge is -2.30. The van der Waals surface area contributed by atoms with Crippen LogP contribution in [-0.4, -0.2) is 74.6 Å². The number of aromatic nitrogens is 2. The lowest BCUT2D eigenvalue weighted by atomic mass is 9.98. The highest BCUT2D eigenvalue weighted by Gasteiger charge is 2.31. The first-order valence-corrected chi connectivity index (χ1v) is 16.3. The number of nitrogens with zero attached hydrogens (tertiary/aromatic N) is 4. The van der Waals surface area contributed by atoms with E-state index in [1.165, 1.54) is 41.1 Å². The molecule has 1 aliphatic heterocycles. The number of amides is 3. The summed E-state index contributed by atoms with van der Waals surface area (Å²) >= 11 is 0. The molecule has 15 nitrogen and oxygen atoms in total. The number of hydrogen-bond acceptors (Lipinski definition) is 10. The van der Waals surface area contributed by atoms with Crippen molar-refractivity contribution in [2.45, 2.75) is 77.1 Å². The van der Waals surface area contributed by atoms with Gasteiger partial charge in [0.15, 0.2) is 0 Å². The van der Waals surface area contributed by atoms with Gasteiger partial charge >= 0.3 is 12.1 Å². The van der Waals surface area contributed by atoms with Gasteiger partial charge in [0.2, 0.25) is 5.91 Å². The highest BCUT2D eigenvalue weighted by molar-refractivity contribution is 6.05. The Morgan fingerprint density at radius 1 is 1.04 bits per heavy atom. The number of nitrogens with one attached hydrogen (secondary N) is 3. The van der Waals surface area contributed by atoms with Gasteiger partial charge in [-0.15, -0.1) is 0 Å². The number of hydrogen-bond donors (Lipinski definition) is 3. The summed E-state index contributed by atoms with van der Waals surface area (Å²) in [5, 5.41) is 29.2. The van der Waals surface area contributed by atoms with Crippen molar-refractivity contribution < 1.29 is 33.6 Å². The maximum Gasteiger partial charge on any atom is 0.413 e. The Hall–Kier alpha value is -5.60. The van der Waals surface area contributed by atoms with Gasteiger partial charge in [0, 0.05) is 61.0 Å². The fourth-order valence-electron chi connectivity index (χ4n) is 5.96. The topological polar surface area (TPSA) is 199 Å². The number of fused-ring (bicyclic) bond motifs is 1. The Bertz CT molecular complexity index is 1700. The van der Waals surface area contributed by atoms with E-state index in [1.807, 2.05) is 0 Å². The van der Waals surface area contributed by atoms with Crippen molar-refractivity contribution in [2.75, 3.05) is 13.2 Å². The van der Waals surface area contributed by atoms with E-state index in [-0.39, 0.29) is 55.2 Å². The molecule has 15 heteroatoms. The molecule has 3 amide bonds. The van der Waals surface area contributed by atoms with Gasteiger partial charge < -0.3 is 19.7 Å². The lowest BCUT2D eigenvalue weighted by molar-refractivity contribution is -0.384. The molecular weight excluding hydrogens is 634 g/mol. The summed E-state index contributed by atoms with van der Waals surface area (Å²) in [6, 6.07) is 10.8. The second-order valence-corrected chi connectivity index (χ2v) is 12.0. The monoisotopic (exact) mass is 673 g/mol. The van der Waals surface area contributed by atoms with Crippen molar-refractivity contribution >= 4 is 35.4 Å². The zero-order valence-electron chi connectivity index (χ0n) is 27.2. The van der Waals surface area contributed by atoms with Crippen LogP contribution in [0, 0.1) is 15.5 Å². The van der Waals surface area contributed by atoms with Gasteiger partial charge in [-0.1, -0.05) is 30.7 Å². The van der Waals surface area contributed by atoms with E-state index < -0.39 is 28.9 Å². The predicted molar refractivity (Wildman–Crippen MR) is 176 cm³/mol. The third kappa shape index (κ3) is 9.27. The molecule has 2 heterocycles. The molecule has 1 saturated carbocycles. The average molecular weight is 674 g/mol. The number of nitro groups is 1. The van der Waals surface area contributed by atoms with Gasteiger partial charge in [-0.05, 0) is 50.3 Å². The van der Waals surface area contributed by atoms with Crippen molar-refractivity contribution in [1.82, 2.24) is 25.3 Å². The highest BCUT2D eigenvalue weighted by atomic mass is 16.6. The normalized spacial score (nSPS) is 15.0. The molecular formula is C34H39N7O8. The number of amidine groups is 1. The van der Waals surface area contributed by atoms with Crippen molar-refractivity contribution in [3.05, 3.63) is 92.8 Å². The van der Waals surface area contributed by atoms with Gasteiger partial charge in [-0.2, -0.15) is 5.10 Å². The van der Waals surface area contributed by atoms with E-state index in [0.717, 1.165) is 43.4 Å². The number of ether oxygens (including phenoxy) is 2. The maximum absolute atomic E-state index is 13.9. The molecule has 3 N–H and O–H groups in total. The first-order valence-electron chi connectivity index (χ1n) is 16.3. The van der Waals surface area contributed by atoms with Gasteiger partial charge in [0.1, 0.15) is 24.5 Å². The van der Waals surface area contributed by atoms with Gasteiger partial charge in [0.05, 0.1) is 17.2 Å². The van der Waals surface area contributed by atoms with E-state index >= 15 is 0 Å². The molecule has 0 unspecified atom stereocenters. The Balaban J connectivity index is 1.26. The number of rotatable bonds is 11. The predicted octanol–water partition coefficient (Wildman–Crippen LogP) is 3.66. The quantitative estimate of drug-likeness (QED) is 0.0894. The average Bonchev–Trinajstić information content (AvgIpc) is 3.49. The summed E-state index contributed by atoms with van der Waals surface area (Å²) in [4.78, 5) is 63.9. The zero-order chi connectivity index (χ0) is 34.9. The summed E-state index contributed by atoms with van der Waals surface area (Å²) in [6.07, 6.45) is 6.11. The van der Waals surface area contributed by atoms with Crippen LogP contribution in [0.1, 0.15) is 71.8 Å². The number of non-ortho nitro benzene ring substituents is 1. The highest BCUT2D eigenvalue weighted by Crippen LogP contribution is 2.22. The minimum atomic E-state index is -1.01. The summed E-state index contributed by atoms with van der Waals surface area (Å²) in [6.45, 7) is 2.48. The largest absolute Gasteiger partial charge is 0.465 e. The number of benzene rings is 2. The van der Waals surface area contributed by atoms with Crippen molar-refractivity contribution in [3.8, 4) is 0 Å². The smallest absolute Gasteiger partial charge is 0.413 e. The minimum Gasteiger partial charge on any atom is -0.465 e. The first-order chi connectivity index (χ1) is 23.6. The Labute approximate surface area is 282 Å². The summed E-state index contributed by atoms with van der Waals surface area (Å²) in [7, 11) is 0. The van der Waals surface area contributed by atoms with Crippen LogP contribution >= 0.6 is 0 Å². The van der Waals surface area contributed by atoms with Crippen molar-refractivity contribution in [3.63, 3.8) is 0 Å². The van der Waals surface area contributed by atoms with Crippen LogP contribution in [0.2, 0.25) is 0 Å². The van der Waals surface area contributed by atoms with E-state index in [2.05, 4.69) is 15.7 Å². The van der Waals surface area contributed by atoms with Gasteiger partial charge in [0.25, 0.3) is 11.6 Å². The first kappa shape index (κ1) is 34.7. The van der Waals surface area contributed by atoms with E-state index in [4.69, 9.17) is 14.9 Å². The summed E-state index contributed by atoms with van der Waals surface area (Å²) in [5.41, 5.74) is 2.65. The minimum absolute atomic E-state index is 0.0491. The van der Waals surface area contributed by atoms with Gasteiger partial charge in [-0.25, -0.2) is 4.79 Å². The third-order valence-corrected chi connectivity index (χ3v) is 8.49. The fraction of sp³-hybridized carbons (Fsp3) is 0.412. The molecule has 0 spiro atoms. The molecule has 0 bridgehead atoms. The van der Waals surface area contributed by atoms with E-state index in [9.17, 15) is 29.3 Å². The third-order valence-electron chi connectivity index (χ3n) is 8.49. The molecule has 2 aromatic carbocycles. The maximum atomic E-state index is 13.9. The molecule has 49 heavy (non-hydrogen) atoms. The van der Waals surface area contributed by atoms with Gasteiger partial charge in [-0.3, -0.25) is 39.9 Å². The van der Waals surface area contributed by atoms with Crippen molar-refractivity contribution in [2.24, 2.45) is 0 Å². The fourth-order valence-corrected chi connectivity index (χ4v) is 5.96. The molecule has 258 valence electrons. The summed E-state index contributed by atoms with van der Waals surface area (Å²) < 4.78 is 11.9. The molecule has 1 aliphatic carbocycles. The Kier molecular flexibility index (Phi) is 11.3. The van der Waals surface area contributed by atoms with Crippen LogP contribution < -0.4 is 10.6 Å². The number of carbonyl (C=O) groups is 4. The summed E-state index contributed by atoms with van der Waals surface area (Å²) in [5.74, 6) is -1.48. The van der Waals surface area contributed by atoms with Crippen LogP contribution in [-0.2, 0) is 45.0 Å². The van der Waals surface area contributed by atoms with E-state index in [0.29, 0.717) is 24.1 Å². The van der Waals surface area contributed by atoms with Crippen LogP contribution in [0.4, 0.5) is 10.5 Å².